The highest BCUT2D eigenvalue weighted by atomic mass is 16.2. The largest absolute Gasteiger partial charge is 0.340 e. The second kappa shape index (κ2) is 8.21. The van der Waals surface area contributed by atoms with Crippen LogP contribution in [-0.2, 0) is 4.79 Å². The van der Waals surface area contributed by atoms with Crippen molar-refractivity contribution in [2.75, 3.05) is 13.1 Å². The summed E-state index contributed by atoms with van der Waals surface area (Å²) >= 11 is 0. The highest BCUT2D eigenvalue weighted by Crippen LogP contribution is 2.21. The Hall–Kier alpha value is -1.88. The minimum absolute atomic E-state index is 0.0648. The molecule has 3 atom stereocenters. The van der Waals surface area contributed by atoms with Crippen molar-refractivity contribution in [2.45, 2.75) is 64.6 Å². The van der Waals surface area contributed by atoms with E-state index in [1.165, 1.54) is 6.42 Å². The molecule has 3 unspecified atom stereocenters. The molecule has 2 aliphatic rings. The van der Waals surface area contributed by atoms with Gasteiger partial charge < -0.3 is 15.5 Å². The first-order valence-electron chi connectivity index (χ1n) is 9.85. The molecule has 142 valence electrons. The summed E-state index contributed by atoms with van der Waals surface area (Å²) in [7, 11) is 0. The van der Waals surface area contributed by atoms with Gasteiger partial charge >= 0.3 is 0 Å². The van der Waals surface area contributed by atoms with E-state index in [1.54, 1.807) is 0 Å². The second-order valence-corrected chi connectivity index (χ2v) is 8.18. The Kier molecular flexibility index (Phi) is 5.97. The van der Waals surface area contributed by atoms with Crippen molar-refractivity contribution in [3.63, 3.8) is 0 Å². The summed E-state index contributed by atoms with van der Waals surface area (Å²) in [6.45, 7) is 7.63. The fraction of sp³-hybridized carbons (Fsp3) is 0.619. The van der Waals surface area contributed by atoms with Crippen LogP contribution in [-0.4, -0.2) is 47.9 Å². The maximum absolute atomic E-state index is 13.2. The maximum Gasteiger partial charge on any atom is 0.252 e. The second-order valence-electron chi connectivity index (χ2n) is 8.18. The van der Waals surface area contributed by atoms with Gasteiger partial charge in [-0.2, -0.15) is 0 Å². The summed E-state index contributed by atoms with van der Waals surface area (Å²) in [5, 5.41) is 6.63. The van der Waals surface area contributed by atoms with Gasteiger partial charge in [0.1, 0.15) is 6.04 Å². The van der Waals surface area contributed by atoms with Crippen LogP contribution < -0.4 is 10.6 Å². The molecule has 1 aromatic rings. The number of carbonyl (C=O) groups is 2. The van der Waals surface area contributed by atoms with Crippen molar-refractivity contribution < 1.29 is 9.59 Å². The Morgan fingerprint density at radius 2 is 1.92 bits per heavy atom. The van der Waals surface area contributed by atoms with Gasteiger partial charge in [0.05, 0.1) is 0 Å². The third-order valence-corrected chi connectivity index (χ3v) is 5.54. The number of nitrogens with one attached hydrogen (secondary N) is 2. The van der Waals surface area contributed by atoms with Crippen LogP contribution in [0, 0.1) is 12.8 Å². The number of nitrogens with zero attached hydrogens (tertiary/aromatic N) is 1. The lowest BCUT2D eigenvalue weighted by molar-refractivity contribution is -0.133. The highest BCUT2D eigenvalue weighted by Gasteiger charge is 2.34. The molecule has 2 amide bonds. The van der Waals surface area contributed by atoms with Gasteiger partial charge in [-0.05, 0) is 50.2 Å². The van der Waals surface area contributed by atoms with Crippen LogP contribution in [0.5, 0.6) is 0 Å². The number of carbonyl (C=O) groups excluding carboxylic acids is 2. The molecule has 0 saturated carbocycles. The Labute approximate surface area is 156 Å². The highest BCUT2D eigenvalue weighted by molar-refractivity contribution is 5.98. The van der Waals surface area contributed by atoms with Crippen LogP contribution in [0.15, 0.2) is 24.3 Å². The molecule has 0 spiro atoms. The number of fused-ring (bicyclic) bond motifs is 2. The number of likely N-dealkylation sites (tertiary alicyclic amines) is 1. The van der Waals surface area contributed by atoms with E-state index >= 15 is 0 Å². The van der Waals surface area contributed by atoms with Crippen LogP contribution in [0.25, 0.3) is 0 Å². The molecule has 26 heavy (non-hydrogen) atoms. The van der Waals surface area contributed by atoms with Gasteiger partial charge in [0.15, 0.2) is 0 Å². The molecule has 5 nitrogen and oxygen atoms in total. The SMILES string of the molecule is Cc1ccccc1C(=O)NC(CC(C)C)C(=O)N1CCC2CCC(C1)N2. The van der Waals surface area contributed by atoms with Gasteiger partial charge in [0.25, 0.3) is 5.91 Å². The quantitative estimate of drug-likeness (QED) is 0.851. The zero-order valence-electron chi connectivity index (χ0n) is 16.1. The van der Waals surface area contributed by atoms with Crippen LogP contribution in [0.2, 0.25) is 0 Å². The normalized spacial score (nSPS) is 23.6. The van der Waals surface area contributed by atoms with E-state index < -0.39 is 6.04 Å². The molecule has 2 aliphatic heterocycles. The molecule has 2 N–H and O–H groups in total. The van der Waals surface area contributed by atoms with Crippen molar-refractivity contribution in [1.82, 2.24) is 15.5 Å². The molecule has 0 aromatic heterocycles. The first kappa shape index (κ1) is 18.9. The monoisotopic (exact) mass is 357 g/mol. The van der Waals surface area contributed by atoms with Crippen molar-refractivity contribution in [1.29, 1.82) is 0 Å². The van der Waals surface area contributed by atoms with E-state index in [0.717, 1.165) is 31.5 Å². The summed E-state index contributed by atoms with van der Waals surface area (Å²) in [5.74, 6) is 0.245. The van der Waals surface area contributed by atoms with Crippen LogP contribution >= 0.6 is 0 Å². The van der Waals surface area contributed by atoms with Crippen molar-refractivity contribution in [3.05, 3.63) is 35.4 Å². The molecule has 2 bridgehead atoms. The van der Waals surface area contributed by atoms with E-state index in [4.69, 9.17) is 0 Å². The first-order chi connectivity index (χ1) is 12.4. The van der Waals surface area contributed by atoms with Crippen molar-refractivity contribution in [2.24, 2.45) is 5.92 Å². The molecule has 5 heteroatoms. The van der Waals surface area contributed by atoms with E-state index in [9.17, 15) is 9.59 Å². The predicted molar refractivity (Wildman–Crippen MR) is 103 cm³/mol. The van der Waals surface area contributed by atoms with Crippen LogP contribution in [0.1, 0.15) is 55.5 Å². The molecule has 0 radical (unpaired) electrons. The third kappa shape index (κ3) is 4.44. The lowest BCUT2D eigenvalue weighted by Gasteiger charge is -2.30. The molecular formula is C21H31N3O2. The lowest BCUT2D eigenvalue weighted by Crippen LogP contribution is -2.51. The zero-order valence-corrected chi connectivity index (χ0v) is 16.1. The Morgan fingerprint density at radius 1 is 1.19 bits per heavy atom. The first-order valence-corrected chi connectivity index (χ1v) is 9.85. The standard InChI is InChI=1S/C21H31N3O2/c1-14(2)12-19(23-20(25)18-7-5-4-6-15(18)3)21(26)24-11-10-16-8-9-17(13-24)22-16/h4-7,14,16-17,19,22H,8-13H2,1-3H3,(H,23,25). The summed E-state index contributed by atoms with van der Waals surface area (Å²) in [6.07, 6.45) is 4.02. The minimum Gasteiger partial charge on any atom is -0.340 e. The smallest absolute Gasteiger partial charge is 0.252 e. The molecule has 2 heterocycles. The van der Waals surface area contributed by atoms with Crippen LogP contribution in [0.3, 0.4) is 0 Å². The van der Waals surface area contributed by atoms with Gasteiger partial charge in [-0.1, -0.05) is 32.0 Å². The van der Waals surface area contributed by atoms with Gasteiger partial charge in [-0.25, -0.2) is 0 Å². The molecule has 2 fully saturated rings. The number of amides is 2. The number of rotatable bonds is 5. The molecular weight excluding hydrogens is 326 g/mol. The fourth-order valence-corrected chi connectivity index (χ4v) is 4.12. The van der Waals surface area contributed by atoms with E-state index in [-0.39, 0.29) is 11.8 Å². The van der Waals surface area contributed by atoms with E-state index in [0.29, 0.717) is 30.0 Å². The van der Waals surface area contributed by atoms with E-state index in [1.807, 2.05) is 36.1 Å². The van der Waals surface area contributed by atoms with Crippen LogP contribution in [0.4, 0.5) is 0 Å². The Morgan fingerprint density at radius 3 is 2.65 bits per heavy atom. The van der Waals surface area contributed by atoms with Gasteiger partial charge in [0.2, 0.25) is 5.91 Å². The van der Waals surface area contributed by atoms with Crippen molar-refractivity contribution in [3.8, 4) is 0 Å². The number of hydrogen-bond donors (Lipinski definition) is 2. The van der Waals surface area contributed by atoms with E-state index in [2.05, 4.69) is 24.5 Å². The number of hydrogen-bond acceptors (Lipinski definition) is 3. The molecule has 2 saturated heterocycles. The molecule has 0 aliphatic carbocycles. The summed E-state index contributed by atoms with van der Waals surface area (Å²) < 4.78 is 0. The maximum atomic E-state index is 13.2. The molecule has 1 aromatic carbocycles. The Bertz CT molecular complexity index is 658. The lowest BCUT2D eigenvalue weighted by atomic mass is 10.00. The summed E-state index contributed by atoms with van der Waals surface area (Å²) in [6, 6.07) is 8.00. The number of aryl methyl sites for hydroxylation is 1. The average molecular weight is 357 g/mol. The van der Waals surface area contributed by atoms with Gasteiger partial charge in [-0.15, -0.1) is 0 Å². The molecule has 3 rings (SSSR count). The van der Waals surface area contributed by atoms with Gasteiger partial charge in [-0.3, -0.25) is 9.59 Å². The van der Waals surface area contributed by atoms with Gasteiger partial charge in [0, 0.05) is 30.7 Å². The third-order valence-electron chi connectivity index (χ3n) is 5.54. The summed E-state index contributed by atoms with van der Waals surface area (Å²) in [4.78, 5) is 27.9. The minimum atomic E-state index is -0.460. The van der Waals surface area contributed by atoms with Crippen molar-refractivity contribution >= 4 is 11.8 Å². The topological polar surface area (TPSA) is 61.4 Å². The zero-order chi connectivity index (χ0) is 18.7. The Balaban J connectivity index is 1.71. The number of benzene rings is 1. The summed E-state index contributed by atoms with van der Waals surface area (Å²) in [5.41, 5.74) is 1.57. The predicted octanol–water partition coefficient (Wildman–Crippen LogP) is 2.49. The fourth-order valence-electron chi connectivity index (χ4n) is 4.12. The average Bonchev–Trinajstić information content (AvgIpc) is 2.92.